The fourth-order valence-corrected chi connectivity index (χ4v) is 3.40. The zero-order chi connectivity index (χ0) is 22.9. The van der Waals surface area contributed by atoms with E-state index < -0.39 is 0 Å². The largest absolute Gasteiger partial charge is 0.484 e. The minimum atomic E-state index is -0.284. The van der Waals surface area contributed by atoms with Crippen molar-refractivity contribution in [3.05, 3.63) is 120 Å². The van der Waals surface area contributed by atoms with Gasteiger partial charge in [-0.3, -0.25) is 4.79 Å². The third kappa shape index (κ3) is 6.20. The molecule has 0 bridgehead atoms. The van der Waals surface area contributed by atoms with Crippen LogP contribution in [0.15, 0.2) is 103 Å². The van der Waals surface area contributed by atoms with E-state index >= 15 is 0 Å². The van der Waals surface area contributed by atoms with Crippen molar-refractivity contribution in [2.75, 3.05) is 11.9 Å². The molecule has 3 aromatic carbocycles. The zero-order valence-electron chi connectivity index (χ0n) is 18.5. The molecule has 4 aromatic rings. The van der Waals surface area contributed by atoms with E-state index in [4.69, 9.17) is 9.47 Å². The van der Waals surface area contributed by atoms with Crippen LogP contribution in [0.1, 0.15) is 29.7 Å². The Bertz CT molecular complexity index is 1110. The first-order valence-corrected chi connectivity index (χ1v) is 11.0. The Morgan fingerprint density at radius 2 is 1.48 bits per heavy atom. The molecule has 0 spiro atoms. The molecule has 1 heterocycles. The van der Waals surface area contributed by atoms with Crippen molar-refractivity contribution in [1.29, 1.82) is 0 Å². The van der Waals surface area contributed by atoms with Gasteiger partial charge in [-0.25, -0.2) is 4.98 Å². The SMILES string of the molecule is CCc1ccc(OCC(=O)Nc2ccc(OC(c3ccccc3)c3ccccc3)nc2)cc1. The van der Waals surface area contributed by atoms with Crippen LogP contribution in [0.5, 0.6) is 11.6 Å². The molecule has 166 valence electrons. The number of ether oxygens (including phenoxy) is 2. The molecule has 0 aliphatic heterocycles. The van der Waals surface area contributed by atoms with Crippen molar-refractivity contribution in [1.82, 2.24) is 4.98 Å². The van der Waals surface area contributed by atoms with Gasteiger partial charge in [0.05, 0.1) is 11.9 Å². The van der Waals surface area contributed by atoms with Crippen LogP contribution in [-0.4, -0.2) is 17.5 Å². The molecule has 33 heavy (non-hydrogen) atoms. The monoisotopic (exact) mass is 438 g/mol. The molecule has 0 saturated heterocycles. The molecule has 0 atom stereocenters. The van der Waals surface area contributed by atoms with Gasteiger partial charge in [-0.2, -0.15) is 0 Å². The highest BCUT2D eigenvalue weighted by atomic mass is 16.5. The van der Waals surface area contributed by atoms with Gasteiger partial charge in [-0.05, 0) is 41.3 Å². The molecule has 1 N–H and O–H groups in total. The minimum absolute atomic E-state index is 0.0756. The maximum absolute atomic E-state index is 12.2. The quantitative estimate of drug-likeness (QED) is 0.357. The molecule has 5 nitrogen and oxygen atoms in total. The smallest absolute Gasteiger partial charge is 0.262 e. The molecule has 5 heteroatoms. The molecule has 1 amide bonds. The first kappa shape index (κ1) is 22.1. The van der Waals surface area contributed by atoms with Crippen molar-refractivity contribution < 1.29 is 14.3 Å². The van der Waals surface area contributed by atoms with Crippen molar-refractivity contribution in [3.8, 4) is 11.6 Å². The van der Waals surface area contributed by atoms with Crippen LogP contribution in [0.25, 0.3) is 0 Å². The predicted octanol–water partition coefficient (Wildman–Crippen LogP) is 5.83. The van der Waals surface area contributed by atoms with Crippen LogP contribution < -0.4 is 14.8 Å². The topological polar surface area (TPSA) is 60.5 Å². The first-order valence-electron chi connectivity index (χ1n) is 11.0. The van der Waals surface area contributed by atoms with Gasteiger partial charge in [0.15, 0.2) is 12.7 Å². The summed E-state index contributed by atoms with van der Waals surface area (Å²) in [5.41, 5.74) is 3.87. The highest BCUT2D eigenvalue weighted by Gasteiger charge is 2.16. The number of hydrogen-bond acceptors (Lipinski definition) is 4. The average Bonchev–Trinajstić information content (AvgIpc) is 2.88. The highest BCUT2D eigenvalue weighted by molar-refractivity contribution is 5.91. The van der Waals surface area contributed by atoms with Gasteiger partial charge >= 0.3 is 0 Å². The standard InChI is InChI=1S/C28H26N2O3/c1-2-21-13-16-25(17-14-21)32-20-26(31)30-24-15-18-27(29-19-24)33-28(22-9-5-3-6-10-22)23-11-7-4-8-12-23/h3-19,28H,2,20H2,1H3,(H,30,31). The van der Waals surface area contributed by atoms with Crippen molar-refractivity contribution in [2.24, 2.45) is 0 Å². The van der Waals surface area contributed by atoms with E-state index in [0.717, 1.165) is 17.5 Å². The lowest BCUT2D eigenvalue weighted by Gasteiger charge is -2.19. The number of nitrogens with zero attached hydrogens (tertiary/aromatic N) is 1. The summed E-state index contributed by atoms with van der Waals surface area (Å²) >= 11 is 0. The molecule has 0 radical (unpaired) electrons. The Morgan fingerprint density at radius 3 is 2.03 bits per heavy atom. The fraction of sp³-hybridized carbons (Fsp3) is 0.143. The molecule has 1 aromatic heterocycles. The van der Waals surface area contributed by atoms with Crippen molar-refractivity contribution >= 4 is 11.6 Å². The van der Waals surface area contributed by atoms with Gasteiger partial charge in [0, 0.05) is 6.07 Å². The number of anilines is 1. The van der Waals surface area contributed by atoms with E-state index in [-0.39, 0.29) is 18.6 Å². The van der Waals surface area contributed by atoms with Gasteiger partial charge < -0.3 is 14.8 Å². The number of aromatic nitrogens is 1. The van der Waals surface area contributed by atoms with Crippen LogP contribution in [0.3, 0.4) is 0 Å². The summed E-state index contributed by atoms with van der Waals surface area (Å²) in [4.78, 5) is 16.6. The number of amides is 1. The second-order valence-electron chi connectivity index (χ2n) is 7.54. The second kappa shape index (κ2) is 11.0. The lowest BCUT2D eigenvalue weighted by atomic mass is 10.0. The van der Waals surface area contributed by atoms with E-state index in [1.54, 1.807) is 18.3 Å². The summed E-state index contributed by atoms with van der Waals surface area (Å²) in [6, 6.07) is 31.3. The van der Waals surface area contributed by atoms with E-state index in [1.807, 2.05) is 84.9 Å². The maximum atomic E-state index is 12.2. The van der Waals surface area contributed by atoms with Gasteiger partial charge in [-0.15, -0.1) is 0 Å². The molecule has 0 saturated carbocycles. The second-order valence-corrected chi connectivity index (χ2v) is 7.54. The van der Waals surface area contributed by atoms with E-state index in [1.165, 1.54) is 5.56 Å². The lowest BCUT2D eigenvalue weighted by molar-refractivity contribution is -0.118. The summed E-state index contributed by atoms with van der Waals surface area (Å²) in [7, 11) is 0. The summed E-state index contributed by atoms with van der Waals surface area (Å²) in [5, 5.41) is 2.80. The Kier molecular flexibility index (Phi) is 7.33. The number of pyridine rings is 1. The van der Waals surface area contributed by atoms with Crippen LogP contribution in [0, 0.1) is 0 Å². The average molecular weight is 439 g/mol. The lowest BCUT2D eigenvalue weighted by Crippen LogP contribution is -2.20. The van der Waals surface area contributed by atoms with Crippen molar-refractivity contribution in [2.45, 2.75) is 19.4 Å². The number of aryl methyl sites for hydroxylation is 1. The number of benzene rings is 3. The number of hydrogen-bond donors (Lipinski definition) is 1. The van der Waals surface area contributed by atoms with Crippen LogP contribution >= 0.6 is 0 Å². The fourth-order valence-electron chi connectivity index (χ4n) is 3.40. The minimum Gasteiger partial charge on any atom is -0.484 e. The molecule has 4 rings (SSSR count). The van der Waals surface area contributed by atoms with Crippen LogP contribution in [-0.2, 0) is 11.2 Å². The van der Waals surface area contributed by atoms with Gasteiger partial charge in [0.25, 0.3) is 5.91 Å². The molecule has 0 aliphatic rings. The summed E-state index contributed by atoms with van der Waals surface area (Å²) in [6.45, 7) is 2.02. The number of rotatable bonds is 9. The Morgan fingerprint density at radius 1 is 0.848 bits per heavy atom. The van der Waals surface area contributed by atoms with E-state index in [2.05, 4.69) is 17.2 Å². The summed E-state index contributed by atoms with van der Waals surface area (Å²) in [6.07, 6.45) is 2.26. The van der Waals surface area contributed by atoms with Gasteiger partial charge in [0.1, 0.15) is 5.75 Å². The van der Waals surface area contributed by atoms with E-state index in [0.29, 0.717) is 17.3 Å². The predicted molar refractivity (Wildman–Crippen MR) is 130 cm³/mol. The molecule has 0 unspecified atom stereocenters. The third-order valence-corrected chi connectivity index (χ3v) is 5.16. The Balaban J connectivity index is 1.37. The molecule has 0 aliphatic carbocycles. The Labute approximate surface area is 194 Å². The number of nitrogens with one attached hydrogen (secondary N) is 1. The third-order valence-electron chi connectivity index (χ3n) is 5.16. The Hall–Kier alpha value is -4.12. The van der Waals surface area contributed by atoms with Crippen LogP contribution in [0.4, 0.5) is 5.69 Å². The normalized spacial score (nSPS) is 10.6. The molecule has 0 fully saturated rings. The molecular formula is C28H26N2O3. The first-order chi connectivity index (χ1) is 16.2. The maximum Gasteiger partial charge on any atom is 0.262 e. The molecular weight excluding hydrogens is 412 g/mol. The highest BCUT2D eigenvalue weighted by Crippen LogP contribution is 2.27. The zero-order valence-corrected chi connectivity index (χ0v) is 18.5. The summed E-state index contributed by atoms with van der Waals surface area (Å²) < 4.78 is 11.8. The summed E-state index contributed by atoms with van der Waals surface area (Å²) in [5.74, 6) is 0.881. The number of carbonyl (C=O) groups excluding carboxylic acids is 1. The van der Waals surface area contributed by atoms with Gasteiger partial charge in [-0.1, -0.05) is 79.7 Å². The van der Waals surface area contributed by atoms with Crippen LogP contribution in [0.2, 0.25) is 0 Å². The van der Waals surface area contributed by atoms with E-state index in [9.17, 15) is 4.79 Å². The van der Waals surface area contributed by atoms with Crippen molar-refractivity contribution in [3.63, 3.8) is 0 Å². The van der Waals surface area contributed by atoms with Gasteiger partial charge in [0.2, 0.25) is 5.88 Å². The number of carbonyl (C=O) groups is 1.